The molecule has 0 aromatic heterocycles. The van der Waals surface area contributed by atoms with Gasteiger partial charge in [-0.1, -0.05) is 32.4 Å². The van der Waals surface area contributed by atoms with E-state index in [0.29, 0.717) is 25.8 Å². The third kappa shape index (κ3) is 4.12. The second-order valence-corrected chi connectivity index (χ2v) is 10.6. The van der Waals surface area contributed by atoms with Crippen LogP contribution in [0.2, 0.25) is 0 Å². The van der Waals surface area contributed by atoms with Crippen molar-refractivity contribution in [2.24, 2.45) is 11.3 Å². The second-order valence-electron chi connectivity index (χ2n) is 8.72. The molecule has 0 aromatic rings. The van der Waals surface area contributed by atoms with Crippen molar-refractivity contribution >= 4 is 21.7 Å². The number of rotatable bonds is 9. The van der Waals surface area contributed by atoms with Crippen molar-refractivity contribution in [1.29, 1.82) is 0 Å². The first-order chi connectivity index (χ1) is 14.2. The molecule has 1 amide bonds. The number of allylic oxidation sites excluding steroid dienone is 4. The van der Waals surface area contributed by atoms with Crippen molar-refractivity contribution in [3.8, 4) is 0 Å². The molecule has 3 rings (SSSR count). The lowest BCUT2D eigenvalue weighted by molar-refractivity contribution is -0.146. The van der Waals surface area contributed by atoms with Crippen LogP contribution in [-0.4, -0.2) is 60.7 Å². The van der Waals surface area contributed by atoms with E-state index in [2.05, 4.69) is 10.2 Å². The van der Waals surface area contributed by atoms with Gasteiger partial charge in [0.1, 0.15) is 11.2 Å². The molecule has 0 saturated carbocycles. The number of fused-ring (bicyclic) bond motifs is 1. The van der Waals surface area contributed by atoms with E-state index >= 15 is 0 Å². The molecule has 3 atom stereocenters. The molecule has 30 heavy (non-hydrogen) atoms. The van der Waals surface area contributed by atoms with Crippen LogP contribution in [-0.2, 0) is 19.6 Å². The van der Waals surface area contributed by atoms with Gasteiger partial charge in [-0.2, -0.15) is 0 Å². The van der Waals surface area contributed by atoms with Gasteiger partial charge in [0.25, 0.3) is 5.91 Å². The zero-order valence-electron chi connectivity index (χ0n) is 18.1. The van der Waals surface area contributed by atoms with Crippen LogP contribution in [0, 0.1) is 11.3 Å². The predicted octanol–water partition coefficient (Wildman–Crippen LogP) is 2.19. The van der Waals surface area contributed by atoms with Crippen LogP contribution >= 0.6 is 0 Å². The van der Waals surface area contributed by atoms with Crippen LogP contribution in [0.5, 0.6) is 0 Å². The summed E-state index contributed by atoms with van der Waals surface area (Å²) in [6.45, 7) is 5.18. The molecule has 0 bridgehead atoms. The number of hydrogen-bond acceptors (Lipinski definition) is 6. The van der Waals surface area contributed by atoms with Gasteiger partial charge in [-0.15, -0.1) is 0 Å². The highest BCUT2D eigenvalue weighted by atomic mass is 32.2. The first-order valence-corrected chi connectivity index (χ1v) is 12.6. The van der Waals surface area contributed by atoms with E-state index in [1.54, 1.807) is 0 Å². The van der Waals surface area contributed by atoms with Crippen LogP contribution in [0.3, 0.4) is 0 Å². The van der Waals surface area contributed by atoms with Crippen LogP contribution in [0.4, 0.5) is 0 Å². The van der Waals surface area contributed by atoms with Crippen molar-refractivity contribution in [2.45, 2.75) is 58.0 Å². The Morgan fingerprint density at radius 3 is 2.43 bits per heavy atom. The maximum Gasteiger partial charge on any atom is 0.251 e. The Kier molecular flexibility index (Phi) is 6.87. The molecule has 0 radical (unpaired) electrons. The standard InChI is InChI=1S/C22H33N3O4S/c1-17(2)22(20-18(12-13-23-20)25(21(22)27)30(3,28)29)19(26)11-7-6-10-16-24-14-8-4-5-9-15-24/h4-5,8-9,14-15,17-18,20,23H,6-7,10-13,16H2,1-3H3. The fraction of sp³-hybridized carbons (Fsp3) is 0.636. The van der Waals surface area contributed by atoms with Gasteiger partial charge in [0.05, 0.1) is 18.3 Å². The number of hydrogen-bond donors (Lipinski definition) is 1. The highest BCUT2D eigenvalue weighted by Gasteiger charge is 2.67. The Balaban J connectivity index is 1.65. The predicted molar refractivity (Wildman–Crippen MR) is 117 cm³/mol. The van der Waals surface area contributed by atoms with Crippen molar-refractivity contribution in [3.05, 3.63) is 36.7 Å². The number of Topliss-reactive ketones (excluding diaryl/α,β-unsaturated/α-hetero) is 1. The van der Waals surface area contributed by atoms with E-state index in [1.807, 2.05) is 50.6 Å². The van der Waals surface area contributed by atoms with Gasteiger partial charge in [-0.25, -0.2) is 12.7 Å². The van der Waals surface area contributed by atoms with E-state index in [0.717, 1.165) is 29.9 Å². The minimum absolute atomic E-state index is 0.128. The van der Waals surface area contributed by atoms with Gasteiger partial charge in [-0.3, -0.25) is 9.59 Å². The topological polar surface area (TPSA) is 86.8 Å². The third-order valence-corrected chi connectivity index (χ3v) is 7.62. The summed E-state index contributed by atoms with van der Waals surface area (Å²) < 4.78 is 25.7. The van der Waals surface area contributed by atoms with E-state index in [9.17, 15) is 18.0 Å². The Morgan fingerprint density at radius 1 is 1.17 bits per heavy atom. The second kappa shape index (κ2) is 9.06. The quantitative estimate of drug-likeness (QED) is 0.441. The number of nitrogens with zero attached hydrogens (tertiary/aromatic N) is 2. The minimum Gasteiger partial charge on any atom is -0.354 e. The summed E-state index contributed by atoms with van der Waals surface area (Å²) in [5.74, 6) is -0.946. The molecule has 0 aliphatic carbocycles. The molecule has 1 N–H and O–H groups in total. The van der Waals surface area contributed by atoms with Gasteiger partial charge in [0, 0.05) is 25.4 Å². The number of amides is 1. The number of ketones is 1. The fourth-order valence-electron chi connectivity index (χ4n) is 5.10. The smallest absolute Gasteiger partial charge is 0.251 e. The van der Waals surface area contributed by atoms with Gasteiger partial charge in [0.15, 0.2) is 0 Å². The third-order valence-electron chi connectivity index (χ3n) is 6.47. The Morgan fingerprint density at radius 2 is 1.83 bits per heavy atom. The normalized spacial score (nSPS) is 28.5. The summed E-state index contributed by atoms with van der Waals surface area (Å²) >= 11 is 0. The highest BCUT2D eigenvalue weighted by Crippen LogP contribution is 2.48. The molecule has 8 heteroatoms. The molecule has 0 aromatic carbocycles. The zero-order chi connectivity index (χ0) is 21.9. The van der Waals surface area contributed by atoms with E-state index < -0.39 is 33.4 Å². The van der Waals surface area contributed by atoms with Gasteiger partial charge >= 0.3 is 0 Å². The summed E-state index contributed by atoms with van der Waals surface area (Å²) in [5.41, 5.74) is -1.30. The van der Waals surface area contributed by atoms with Crippen LogP contribution in [0.25, 0.3) is 0 Å². The van der Waals surface area contributed by atoms with Crippen molar-refractivity contribution in [1.82, 2.24) is 14.5 Å². The maximum absolute atomic E-state index is 13.4. The number of carbonyl (C=O) groups is 2. The molecule has 3 heterocycles. The zero-order valence-corrected chi connectivity index (χ0v) is 18.9. The summed E-state index contributed by atoms with van der Waals surface area (Å²) in [4.78, 5) is 28.9. The van der Waals surface area contributed by atoms with Gasteiger partial charge < -0.3 is 10.2 Å². The van der Waals surface area contributed by atoms with Crippen LogP contribution < -0.4 is 5.32 Å². The molecular formula is C22H33N3O4S. The van der Waals surface area contributed by atoms with Gasteiger partial charge in [0.2, 0.25) is 10.0 Å². The Labute approximate surface area is 179 Å². The molecule has 7 nitrogen and oxygen atoms in total. The lowest BCUT2D eigenvalue weighted by Gasteiger charge is -2.34. The average molecular weight is 436 g/mol. The summed E-state index contributed by atoms with van der Waals surface area (Å²) in [5, 5.41) is 3.28. The summed E-state index contributed by atoms with van der Waals surface area (Å²) in [6, 6.07) is -0.902. The Hall–Kier alpha value is -1.93. The molecule has 0 spiro atoms. The average Bonchev–Trinajstić information content (AvgIpc) is 3.09. The first-order valence-electron chi connectivity index (χ1n) is 10.8. The molecule has 3 aliphatic rings. The SMILES string of the molecule is CC(C)C1(C(=O)CCCCCN2C=CC=CC=C2)C(=O)N(S(C)(=O)=O)C2CCNC21. The molecule has 2 fully saturated rings. The lowest BCUT2D eigenvalue weighted by Crippen LogP contribution is -2.54. The van der Waals surface area contributed by atoms with Gasteiger partial charge in [-0.05, 0) is 43.9 Å². The van der Waals surface area contributed by atoms with Crippen molar-refractivity contribution < 1.29 is 18.0 Å². The first kappa shape index (κ1) is 22.7. The molecular weight excluding hydrogens is 402 g/mol. The molecule has 3 aliphatic heterocycles. The van der Waals surface area contributed by atoms with E-state index in [1.165, 1.54) is 0 Å². The summed E-state index contributed by atoms with van der Waals surface area (Å²) in [7, 11) is -3.72. The van der Waals surface area contributed by atoms with E-state index in [4.69, 9.17) is 0 Å². The fourth-order valence-corrected chi connectivity index (χ4v) is 6.27. The Bertz CT molecular complexity index is 846. The number of nitrogens with one attached hydrogen (secondary N) is 1. The maximum atomic E-state index is 13.4. The monoisotopic (exact) mass is 435 g/mol. The van der Waals surface area contributed by atoms with Crippen LogP contribution in [0.15, 0.2) is 36.7 Å². The van der Waals surface area contributed by atoms with Crippen LogP contribution in [0.1, 0.15) is 46.0 Å². The van der Waals surface area contributed by atoms with Crippen molar-refractivity contribution in [3.63, 3.8) is 0 Å². The number of carbonyl (C=O) groups excluding carboxylic acids is 2. The van der Waals surface area contributed by atoms with Crippen molar-refractivity contribution in [2.75, 3.05) is 19.3 Å². The lowest BCUT2D eigenvalue weighted by atomic mass is 9.67. The molecule has 3 unspecified atom stereocenters. The number of sulfonamides is 1. The minimum atomic E-state index is -3.72. The van der Waals surface area contributed by atoms with E-state index in [-0.39, 0.29) is 11.7 Å². The highest BCUT2D eigenvalue weighted by molar-refractivity contribution is 7.89. The molecule has 166 valence electrons. The number of unbranched alkanes of at least 4 members (excludes halogenated alkanes) is 2. The largest absolute Gasteiger partial charge is 0.354 e. The molecule has 2 saturated heterocycles. The summed E-state index contributed by atoms with van der Waals surface area (Å²) in [6.07, 6.45) is 16.4.